The first-order valence-electron chi connectivity index (χ1n) is 9.28. The van der Waals surface area contributed by atoms with Crippen LogP contribution in [0.15, 0.2) is 27.8 Å². The molecule has 0 spiro atoms. The van der Waals surface area contributed by atoms with Crippen LogP contribution in [-0.2, 0) is 16.0 Å². The standard InChI is InChI=1S/C19H32N4O3.HI/c1-19(2,3)22-17(24)14-23(4)18(21-13-16-8-6-12-26-16)20-10-9-15-7-5-11-25-15;/h5,7,11,16H,6,8-10,12-14H2,1-4H3,(H,20,21)(H,22,24);1H. The lowest BCUT2D eigenvalue weighted by Crippen LogP contribution is -2.49. The van der Waals surface area contributed by atoms with Crippen molar-refractivity contribution in [2.45, 2.75) is 51.7 Å². The lowest BCUT2D eigenvalue weighted by Gasteiger charge is -2.26. The molecule has 0 bridgehead atoms. The number of ether oxygens (including phenoxy) is 1. The predicted molar refractivity (Wildman–Crippen MR) is 118 cm³/mol. The van der Waals surface area contributed by atoms with E-state index in [0.717, 1.165) is 31.6 Å². The number of halogens is 1. The number of guanidine groups is 1. The van der Waals surface area contributed by atoms with Crippen LogP contribution in [0.1, 0.15) is 39.4 Å². The molecule has 1 aliphatic heterocycles. The van der Waals surface area contributed by atoms with Crippen LogP contribution < -0.4 is 10.6 Å². The average molecular weight is 492 g/mol. The molecule has 2 heterocycles. The SMILES string of the molecule is CN(CC(=O)NC(C)(C)C)C(=NCC1CCCO1)NCCc1ccco1.I. The number of nitrogens with zero attached hydrogens (tertiary/aromatic N) is 2. The molecule has 1 aliphatic rings. The fraction of sp³-hybridized carbons (Fsp3) is 0.684. The van der Waals surface area contributed by atoms with Gasteiger partial charge in [0.1, 0.15) is 5.76 Å². The maximum atomic E-state index is 12.2. The Morgan fingerprint density at radius 3 is 2.78 bits per heavy atom. The second kappa shape index (κ2) is 11.5. The first-order valence-corrected chi connectivity index (χ1v) is 9.28. The molecule has 0 radical (unpaired) electrons. The molecule has 0 aliphatic carbocycles. The highest BCUT2D eigenvalue weighted by atomic mass is 127. The van der Waals surface area contributed by atoms with E-state index in [4.69, 9.17) is 9.15 Å². The zero-order chi connectivity index (χ0) is 19.0. The number of amides is 1. The van der Waals surface area contributed by atoms with Gasteiger partial charge in [-0.15, -0.1) is 24.0 Å². The van der Waals surface area contributed by atoms with Gasteiger partial charge in [0.15, 0.2) is 5.96 Å². The molecule has 1 saturated heterocycles. The minimum absolute atomic E-state index is 0. The summed E-state index contributed by atoms with van der Waals surface area (Å²) in [6.07, 6.45) is 4.73. The molecular formula is C19H33IN4O3. The number of nitrogens with one attached hydrogen (secondary N) is 2. The molecule has 154 valence electrons. The summed E-state index contributed by atoms with van der Waals surface area (Å²) < 4.78 is 11.0. The van der Waals surface area contributed by atoms with E-state index in [1.165, 1.54) is 0 Å². The molecule has 1 fully saturated rings. The quantitative estimate of drug-likeness (QED) is 0.347. The molecule has 0 saturated carbocycles. The number of carbonyl (C=O) groups is 1. The fourth-order valence-corrected chi connectivity index (χ4v) is 2.79. The summed E-state index contributed by atoms with van der Waals surface area (Å²) in [5.41, 5.74) is -0.250. The summed E-state index contributed by atoms with van der Waals surface area (Å²) in [6.45, 7) is 8.26. The summed E-state index contributed by atoms with van der Waals surface area (Å²) in [5.74, 6) is 1.60. The van der Waals surface area contributed by atoms with Crippen molar-refractivity contribution in [3.05, 3.63) is 24.2 Å². The van der Waals surface area contributed by atoms with E-state index < -0.39 is 0 Å². The summed E-state index contributed by atoms with van der Waals surface area (Å²) >= 11 is 0. The van der Waals surface area contributed by atoms with Crippen molar-refractivity contribution >= 4 is 35.8 Å². The summed E-state index contributed by atoms with van der Waals surface area (Å²) in [6, 6.07) is 3.83. The molecule has 27 heavy (non-hydrogen) atoms. The van der Waals surface area contributed by atoms with Crippen molar-refractivity contribution < 1.29 is 13.9 Å². The Kier molecular flexibility index (Phi) is 10.1. The van der Waals surface area contributed by atoms with Crippen LogP contribution >= 0.6 is 24.0 Å². The number of likely N-dealkylation sites (N-methyl/N-ethyl adjacent to an activating group) is 1. The Labute approximate surface area is 179 Å². The van der Waals surface area contributed by atoms with Crippen molar-refractivity contribution in [1.82, 2.24) is 15.5 Å². The molecule has 1 amide bonds. The van der Waals surface area contributed by atoms with E-state index in [1.807, 2.05) is 44.9 Å². The fourth-order valence-electron chi connectivity index (χ4n) is 2.79. The molecule has 2 N–H and O–H groups in total. The lowest BCUT2D eigenvalue weighted by atomic mass is 10.1. The molecule has 7 nitrogen and oxygen atoms in total. The minimum atomic E-state index is -0.250. The van der Waals surface area contributed by atoms with Crippen LogP contribution in [0, 0.1) is 0 Å². The first-order chi connectivity index (χ1) is 12.3. The Bertz CT molecular complexity index is 578. The van der Waals surface area contributed by atoms with Gasteiger partial charge in [0.2, 0.25) is 5.91 Å². The summed E-state index contributed by atoms with van der Waals surface area (Å²) in [7, 11) is 1.87. The van der Waals surface area contributed by atoms with Crippen LogP contribution in [-0.4, -0.2) is 61.7 Å². The van der Waals surface area contributed by atoms with Crippen LogP contribution in [0.4, 0.5) is 0 Å². The molecule has 1 unspecified atom stereocenters. The van der Waals surface area contributed by atoms with Gasteiger partial charge in [-0.2, -0.15) is 0 Å². The van der Waals surface area contributed by atoms with Crippen molar-refractivity contribution in [1.29, 1.82) is 0 Å². The number of hydrogen-bond donors (Lipinski definition) is 2. The van der Waals surface area contributed by atoms with Gasteiger partial charge in [-0.25, -0.2) is 0 Å². The number of rotatable bonds is 7. The third-order valence-corrected chi connectivity index (χ3v) is 3.96. The van der Waals surface area contributed by atoms with Crippen molar-refractivity contribution in [3.63, 3.8) is 0 Å². The van der Waals surface area contributed by atoms with E-state index in [0.29, 0.717) is 19.0 Å². The normalized spacial score (nSPS) is 17.3. The molecule has 0 aromatic carbocycles. The molecule has 8 heteroatoms. The van der Waals surface area contributed by atoms with Crippen molar-refractivity contribution in [3.8, 4) is 0 Å². The molecule has 2 rings (SSSR count). The average Bonchev–Trinajstić information content (AvgIpc) is 3.21. The molecule has 1 aromatic heterocycles. The van der Waals surface area contributed by atoms with E-state index in [9.17, 15) is 4.79 Å². The highest BCUT2D eigenvalue weighted by molar-refractivity contribution is 14.0. The van der Waals surface area contributed by atoms with Gasteiger partial charge in [0.05, 0.1) is 25.5 Å². The van der Waals surface area contributed by atoms with E-state index in [2.05, 4.69) is 15.6 Å². The van der Waals surface area contributed by atoms with Gasteiger partial charge in [-0.3, -0.25) is 9.79 Å². The number of carbonyl (C=O) groups excluding carboxylic acids is 1. The van der Waals surface area contributed by atoms with E-state index in [-0.39, 0.29) is 48.1 Å². The highest BCUT2D eigenvalue weighted by Gasteiger charge is 2.19. The maximum Gasteiger partial charge on any atom is 0.240 e. The second-order valence-corrected chi connectivity index (χ2v) is 7.71. The van der Waals surface area contributed by atoms with Crippen molar-refractivity contribution in [2.24, 2.45) is 4.99 Å². The Morgan fingerprint density at radius 1 is 1.41 bits per heavy atom. The lowest BCUT2D eigenvalue weighted by molar-refractivity contribution is -0.122. The van der Waals surface area contributed by atoms with Crippen molar-refractivity contribution in [2.75, 3.05) is 33.3 Å². The predicted octanol–water partition coefficient (Wildman–Crippen LogP) is 2.41. The van der Waals surface area contributed by atoms with Gasteiger partial charge in [-0.1, -0.05) is 0 Å². The van der Waals surface area contributed by atoms with Gasteiger partial charge < -0.3 is 24.7 Å². The van der Waals surface area contributed by atoms with E-state index >= 15 is 0 Å². The second-order valence-electron chi connectivity index (χ2n) is 7.71. The smallest absolute Gasteiger partial charge is 0.240 e. The maximum absolute atomic E-state index is 12.2. The van der Waals surface area contributed by atoms with Crippen LogP contribution in [0.25, 0.3) is 0 Å². The monoisotopic (exact) mass is 492 g/mol. The number of aliphatic imine (C=N–C) groups is 1. The van der Waals surface area contributed by atoms with Crippen LogP contribution in [0.5, 0.6) is 0 Å². The third-order valence-electron chi connectivity index (χ3n) is 3.96. The first kappa shape index (κ1) is 23.7. The van der Waals surface area contributed by atoms with Crippen LogP contribution in [0.2, 0.25) is 0 Å². The van der Waals surface area contributed by atoms with E-state index in [1.54, 1.807) is 6.26 Å². The van der Waals surface area contributed by atoms with Gasteiger partial charge in [0.25, 0.3) is 0 Å². The topological polar surface area (TPSA) is 79.1 Å². The number of hydrogen-bond acceptors (Lipinski definition) is 4. The minimum Gasteiger partial charge on any atom is -0.469 e. The van der Waals surface area contributed by atoms with Gasteiger partial charge >= 0.3 is 0 Å². The Hall–Kier alpha value is -1.29. The Balaban J connectivity index is 0.00000364. The van der Waals surface area contributed by atoms with Gasteiger partial charge in [-0.05, 0) is 45.7 Å². The zero-order valence-electron chi connectivity index (χ0n) is 16.8. The molecule has 1 atom stereocenters. The zero-order valence-corrected chi connectivity index (χ0v) is 19.1. The molecular weight excluding hydrogens is 459 g/mol. The summed E-state index contributed by atoms with van der Waals surface area (Å²) in [4.78, 5) is 18.7. The van der Waals surface area contributed by atoms with Gasteiger partial charge in [0, 0.05) is 32.2 Å². The molecule has 1 aromatic rings. The third kappa shape index (κ3) is 9.46. The summed E-state index contributed by atoms with van der Waals surface area (Å²) in [5, 5.41) is 6.31. The largest absolute Gasteiger partial charge is 0.469 e. The highest BCUT2D eigenvalue weighted by Crippen LogP contribution is 2.12. The Morgan fingerprint density at radius 2 is 2.19 bits per heavy atom. The van der Waals surface area contributed by atoms with Crippen LogP contribution in [0.3, 0.4) is 0 Å². The number of furan rings is 1.